The van der Waals surface area contributed by atoms with Crippen molar-refractivity contribution in [2.75, 3.05) is 38.7 Å². The predicted molar refractivity (Wildman–Crippen MR) is 120 cm³/mol. The number of hydrogen-bond donors (Lipinski definition) is 1. The van der Waals surface area contributed by atoms with E-state index in [1.807, 2.05) is 31.2 Å². The van der Waals surface area contributed by atoms with E-state index in [1.54, 1.807) is 25.3 Å². The Balaban J connectivity index is 1.88. The zero-order chi connectivity index (χ0) is 21.5. The third-order valence-electron chi connectivity index (χ3n) is 5.14. The smallest absolute Gasteiger partial charge is 0.258 e. The molecule has 0 saturated heterocycles. The van der Waals surface area contributed by atoms with Crippen LogP contribution in [0.4, 0.5) is 5.95 Å². The van der Waals surface area contributed by atoms with Gasteiger partial charge in [-0.2, -0.15) is 0 Å². The maximum atomic E-state index is 13.0. The van der Waals surface area contributed by atoms with Gasteiger partial charge in [0.1, 0.15) is 0 Å². The summed E-state index contributed by atoms with van der Waals surface area (Å²) in [6.45, 7) is 10.3. The molecule has 1 aromatic heterocycles. The number of rotatable bonds is 10. The Hall–Kier alpha value is -3.06. The molecular formula is C23H30N4O3. The molecule has 7 heteroatoms. The predicted octanol–water partition coefficient (Wildman–Crippen LogP) is 4.04. The van der Waals surface area contributed by atoms with Gasteiger partial charge < -0.3 is 18.9 Å². The van der Waals surface area contributed by atoms with Crippen LogP contribution in [0.2, 0.25) is 0 Å². The molecule has 0 radical (unpaired) electrons. The Kier molecular flexibility index (Phi) is 7.30. The molecule has 0 fully saturated rings. The van der Waals surface area contributed by atoms with Gasteiger partial charge in [0.05, 0.1) is 24.8 Å². The van der Waals surface area contributed by atoms with Crippen molar-refractivity contribution in [3.05, 3.63) is 48.0 Å². The Labute approximate surface area is 177 Å². The van der Waals surface area contributed by atoms with Crippen LogP contribution in [0.5, 0.6) is 11.5 Å². The summed E-state index contributed by atoms with van der Waals surface area (Å²) < 4.78 is 13.0. The second-order valence-electron chi connectivity index (χ2n) is 6.86. The number of fused-ring (bicyclic) bond motifs is 1. The number of likely N-dealkylation sites (N-methyl/N-ethyl adjacent to an activating group) is 1. The number of ether oxygens (including phenoxy) is 2. The van der Waals surface area contributed by atoms with E-state index in [0.717, 1.165) is 37.2 Å². The quantitative estimate of drug-likeness (QED) is 0.546. The van der Waals surface area contributed by atoms with Crippen molar-refractivity contribution in [2.24, 2.45) is 0 Å². The van der Waals surface area contributed by atoms with E-state index in [0.29, 0.717) is 29.6 Å². The van der Waals surface area contributed by atoms with Crippen molar-refractivity contribution in [1.82, 2.24) is 14.5 Å². The zero-order valence-corrected chi connectivity index (χ0v) is 18.1. The molecule has 0 atom stereocenters. The highest BCUT2D eigenvalue weighted by Crippen LogP contribution is 2.28. The van der Waals surface area contributed by atoms with Crippen LogP contribution in [-0.4, -0.2) is 53.7 Å². The van der Waals surface area contributed by atoms with E-state index in [9.17, 15) is 4.79 Å². The lowest BCUT2D eigenvalue weighted by Gasteiger charge is -2.19. The standard InChI is InChI=1S/C23H30N4O3/c1-5-26(6-2)14-15-27-19-11-9-8-10-18(19)24-23(27)25-22(28)17-12-13-20(29-4)21(16-17)30-7-3/h8-13,16H,5-7,14-15H2,1-4H3,(H,24,25,28). The maximum Gasteiger partial charge on any atom is 0.258 e. The Morgan fingerprint density at radius 2 is 1.87 bits per heavy atom. The third kappa shape index (κ3) is 4.74. The topological polar surface area (TPSA) is 68.6 Å². The molecule has 0 aliphatic heterocycles. The molecule has 30 heavy (non-hydrogen) atoms. The van der Waals surface area contributed by atoms with Gasteiger partial charge in [-0.15, -0.1) is 0 Å². The minimum absolute atomic E-state index is 0.238. The normalized spacial score (nSPS) is 11.1. The van der Waals surface area contributed by atoms with Crippen molar-refractivity contribution in [2.45, 2.75) is 27.3 Å². The van der Waals surface area contributed by atoms with Crippen LogP contribution in [0.3, 0.4) is 0 Å². The van der Waals surface area contributed by atoms with E-state index < -0.39 is 0 Å². The van der Waals surface area contributed by atoms with Gasteiger partial charge in [0.25, 0.3) is 5.91 Å². The van der Waals surface area contributed by atoms with Gasteiger partial charge in [0.2, 0.25) is 5.95 Å². The highest BCUT2D eigenvalue weighted by Gasteiger charge is 2.16. The van der Waals surface area contributed by atoms with Crippen molar-refractivity contribution < 1.29 is 14.3 Å². The highest BCUT2D eigenvalue weighted by molar-refractivity contribution is 6.04. The number of carbonyl (C=O) groups is 1. The summed E-state index contributed by atoms with van der Waals surface area (Å²) in [6, 6.07) is 13.1. The Morgan fingerprint density at radius 3 is 2.57 bits per heavy atom. The zero-order valence-electron chi connectivity index (χ0n) is 18.1. The van der Waals surface area contributed by atoms with Crippen LogP contribution in [0, 0.1) is 0 Å². The maximum absolute atomic E-state index is 13.0. The average molecular weight is 411 g/mol. The second kappa shape index (κ2) is 10.1. The van der Waals surface area contributed by atoms with E-state index in [4.69, 9.17) is 9.47 Å². The van der Waals surface area contributed by atoms with Crippen molar-refractivity contribution >= 4 is 22.9 Å². The van der Waals surface area contributed by atoms with Crippen molar-refractivity contribution in [3.63, 3.8) is 0 Å². The monoisotopic (exact) mass is 410 g/mol. The molecule has 0 saturated carbocycles. The molecule has 3 rings (SSSR count). The molecule has 7 nitrogen and oxygen atoms in total. The number of nitrogens with one attached hydrogen (secondary N) is 1. The van der Waals surface area contributed by atoms with E-state index in [1.165, 1.54) is 0 Å². The molecule has 0 aliphatic rings. The van der Waals surface area contributed by atoms with Crippen molar-refractivity contribution in [3.8, 4) is 11.5 Å². The molecule has 160 valence electrons. The molecule has 0 unspecified atom stereocenters. The summed E-state index contributed by atoms with van der Waals surface area (Å²) in [5.74, 6) is 1.45. The van der Waals surface area contributed by atoms with E-state index >= 15 is 0 Å². The molecule has 0 bridgehead atoms. The van der Waals surface area contributed by atoms with Crippen LogP contribution in [-0.2, 0) is 6.54 Å². The lowest BCUT2D eigenvalue weighted by molar-refractivity contribution is 0.102. The molecule has 0 spiro atoms. The van der Waals surface area contributed by atoms with Gasteiger partial charge in [-0.05, 0) is 50.3 Å². The lowest BCUT2D eigenvalue weighted by atomic mass is 10.2. The van der Waals surface area contributed by atoms with Crippen LogP contribution >= 0.6 is 0 Å². The van der Waals surface area contributed by atoms with E-state index in [2.05, 4.69) is 33.6 Å². The summed E-state index contributed by atoms with van der Waals surface area (Å²) in [5.41, 5.74) is 2.35. The number of hydrogen-bond acceptors (Lipinski definition) is 5. The van der Waals surface area contributed by atoms with Crippen LogP contribution < -0.4 is 14.8 Å². The summed E-state index contributed by atoms with van der Waals surface area (Å²) in [6.07, 6.45) is 0. The molecule has 3 aromatic rings. The fourth-order valence-electron chi connectivity index (χ4n) is 3.44. The SMILES string of the molecule is CCOc1cc(C(=O)Nc2nc3ccccc3n2CCN(CC)CC)ccc1OC. The minimum atomic E-state index is -0.238. The van der Waals surface area contributed by atoms with Gasteiger partial charge in [-0.3, -0.25) is 10.1 Å². The molecule has 1 heterocycles. The van der Waals surface area contributed by atoms with Gasteiger partial charge in [0.15, 0.2) is 11.5 Å². The Morgan fingerprint density at radius 1 is 1.10 bits per heavy atom. The number of aromatic nitrogens is 2. The number of anilines is 1. The summed E-state index contributed by atoms with van der Waals surface area (Å²) >= 11 is 0. The van der Waals surface area contributed by atoms with Gasteiger partial charge >= 0.3 is 0 Å². The first-order chi connectivity index (χ1) is 14.6. The van der Waals surface area contributed by atoms with Crippen LogP contribution in [0.15, 0.2) is 42.5 Å². The fourth-order valence-corrected chi connectivity index (χ4v) is 3.44. The van der Waals surface area contributed by atoms with Gasteiger partial charge in [-0.1, -0.05) is 26.0 Å². The summed E-state index contributed by atoms with van der Waals surface area (Å²) in [5, 5.41) is 2.98. The second-order valence-corrected chi connectivity index (χ2v) is 6.86. The summed E-state index contributed by atoms with van der Waals surface area (Å²) in [4.78, 5) is 20.0. The number of para-hydroxylation sites is 2. The third-order valence-corrected chi connectivity index (χ3v) is 5.14. The number of nitrogens with zero attached hydrogens (tertiary/aromatic N) is 3. The number of carbonyl (C=O) groups excluding carboxylic acids is 1. The number of amides is 1. The molecular weight excluding hydrogens is 380 g/mol. The lowest BCUT2D eigenvalue weighted by Crippen LogP contribution is -2.27. The number of methoxy groups -OCH3 is 1. The average Bonchev–Trinajstić information content (AvgIpc) is 3.11. The fraction of sp³-hybridized carbons (Fsp3) is 0.391. The molecule has 1 amide bonds. The van der Waals surface area contributed by atoms with Crippen molar-refractivity contribution in [1.29, 1.82) is 0 Å². The van der Waals surface area contributed by atoms with Crippen LogP contribution in [0.1, 0.15) is 31.1 Å². The summed E-state index contributed by atoms with van der Waals surface area (Å²) in [7, 11) is 1.58. The molecule has 1 N–H and O–H groups in total. The number of imidazole rings is 1. The first-order valence-electron chi connectivity index (χ1n) is 10.4. The first-order valence-corrected chi connectivity index (χ1v) is 10.4. The minimum Gasteiger partial charge on any atom is -0.493 e. The first kappa shape index (κ1) is 21.6. The Bertz CT molecular complexity index is 995. The van der Waals surface area contributed by atoms with E-state index in [-0.39, 0.29) is 5.91 Å². The highest BCUT2D eigenvalue weighted by atomic mass is 16.5. The van der Waals surface area contributed by atoms with Crippen LogP contribution in [0.25, 0.3) is 11.0 Å². The number of benzene rings is 2. The van der Waals surface area contributed by atoms with Gasteiger partial charge in [0, 0.05) is 18.7 Å². The molecule has 0 aliphatic carbocycles. The molecule has 2 aromatic carbocycles. The largest absolute Gasteiger partial charge is 0.493 e. The van der Waals surface area contributed by atoms with Gasteiger partial charge in [-0.25, -0.2) is 4.98 Å².